The number of carbonyl (C=O) groups excluding carboxylic acids is 2. The number of halogens is 1. The van der Waals surface area contributed by atoms with Crippen LogP contribution >= 0.6 is 11.3 Å². The van der Waals surface area contributed by atoms with Crippen molar-refractivity contribution in [3.8, 4) is 6.07 Å². The predicted molar refractivity (Wildman–Crippen MR) is 106 cm³/mol. The van der Waals surface area contributed by atoms with Gasteiger partial charge in [0.1, 0.15) is 5.82 Å². The minimum Gasteiger partial charge on any atom is -0.503 e. The number of benzene rings is 2. The first kappa shape index (κ1) is 18.6. The average molecular weight is 404 g/mol. The molecule has 5 nitrogen and oxygen atoms in total. The van der Waals surface area contributed by atoms with Crippen LogP contribution in [0.2, 0.25) is 0 Å². The lowest BCUT2D eigenvalue weighted by atomic mass is 9.94. The molecule has 4 rings (SSSR count). The van der Waals surface area contributed by atoms with Gasteiger partial charge in [-0.15, -0.1) is 11.3 Å². The van der Waals surface area contributed by atoms with Gasteiger partial charge in [-0.3, -0.25) is 14.5 Å². The molecule has 3 aromatic rings. The SMILES string of the molecule is N#Cc1ccc(N2C(=O)C(O)=C(C(=O)c3cccs3)C2c2ccccc2F)cc1. The Hall–Kier alpha value is -3.76. The molecule has 142 valence electrons. The van der Waals surface area contributed by atoms with E-state index in [2.05, 4.69) is 0 Å². The minimum absolute atomic E-state index is 0.0918. The maximum absolute atomic E-state index is 14.7. The Balaban J connectivity index is 1.90. The van der Waals surface area contributed by atoms with Crippen molar-refractivity contribution >= 4 is 28.7 Å². The van der Waals surface area contributed by atoms with Gasteiger partial charge in [-0.1, -0.05) is 24.3 Å². The van der Waals surface area contributed by atoms with E-state index in [1.54, 1.807) is 23.6 Å². The number of Topliss-reactive ketones (excluding diaryl/α,β-unsaturated/α-hetero) is 1. The van der Waals surface area contributed by atoms with E-state index in [1.165, 1.54) is 58.7 Å². The number of amides is 1. The number of rotatable bonds is 4. The van der Waals surface area contributed by atoms with Crippen molar-refractivity contribution in [1.29, 1.82) is 5.26 Å². The van der Waals surface area contributed by atoms with Crippen molar-refractivity contribution in [2.45, 2.75) is 6.04 Å². The summed E-state index contributed by atoms with van der Waals surface area (Å²) in [5.41, 5.74) is 0.638. The number of nitriles is 1. The van der Waals surface area contributed by atoms with Gasteiger partial charge in [-0.2, -0.15) is 5.26 Å². The molecule has 1 aromatic heterocycles. The average Bonchev–Trinajstić information content (AvgIpc) is 3.36. The van der Waals surface area contributed by atoms with E-state index in [-0.39, 0.29) is 11.1 Å². The van der Waals surface area contributed by atoms with E-state index in [9.17, 15) is 19.1 Å². The third-order valence-corrected chi connectivity index (χ3v) is 5.54. The smallest absolute Gasteiger partial charge is 0.294 e. The van der Waals surface area contributed by atoms with E-state index in [0.717, 1.165) is 0 Å². The van der Waals surface area contributed by atoms with Crippen LogP contribution in [0.5, 0.6) is 0 Å². The number of thiophene rings is 1. The van der Waals surface area contributed by atoms with Crippen molar-refractivity contribution in [3.63, 3.8) is 0 Å². The molecule has 1 unspecified atom stereocenters. The molecule has 1 amide bonds. The van der Waals surface area contributed by atoms with Crippen LogP contribution in [0.4, 0.5) is 10.1 Å². The lowest BCUT2D eigenvalue weighted by Gasteiger charge is -2.27. The number of aliphatic hydroxyl groups is 1. The van der Waals surface area contributed by atoms with Crippen molar-refractivity contribution in [3.05, 3.63) is 99.2 Å². The van der Waals surface area contributed by atoms with Crippen LogP contribution in [0.15, 0.2) is 77.4 Å². The van der Waals surface area contributed by atoms with Gasteiger partial charge in [0.05, 0.1) is 28.1 Å². The summed E-state index contributed by atoms with van der Waals surface area (Å²) in [6, 6.07) is 16.0. The summed E-state index contributed by atoms with van der Waals surface area (Å²) in [6.45, 7) is 0. The molecule has 7 heteroatoms. The molecule has 1 atom stereocenters. The normalized spacial score (nSPS) is 16.2. The number of aliphatic hydroxyl groups excluding tert-OH is 1. The summed E-state index contributed by atoms with van der Waals surface area (Å²) in [5.74, 6) is -2.64. The number of nitrogens with zero attached hydrogens (tertiary/aromatic N) is 2. The van der Waals surface area contributed by atoms with Crippen LogP contribution in [-0.4, -0.2) is 16.8 Å². The fourth-order valence-electron chi connectivity index (χ4n) is 3.33. The monoisotopic (exact) mass is 404 g/mol. The molecule has 0 spiro atoms. The Labute approximate surface area is 169 Å². The highest BCUT2D eigenvalue weighted by atomic mass is 32.1. The van der Waals surface area contributed by atoms with E-state index in [4.69, 9.17) is 5.26 Å². The van der Waals surface area contributed by atoms with Crippen LogP contribution in [-0.2, 0) is 4.79 Å². The number of ketones is 1. The second-order valence-corrected chi connectivity index (χ2v) is 7.27. The Morgan fingerprint density at radius 1 is 1.10 bits per heavy atom. The lowest BCUT2D eigenvalue weighted by molar-refractivity contribution is -0.117. The molecule has 0 bridgehead atoms. The molecule has 2 heterocycles. The number of hydrogen-bond acceptors (Lipinski definition) is 5. The predicted octanol–water partition coefficient (Wildman–Crippen LogP) is 4.54. The van der Waals surface area contributed by atoms with Crippen molar-refractivity contribution in [2.24, 2.45) is 0 Å². The maximum Gasteiger partial charge on any atom is 0.294 e. The van der Waals surface area contributed by atoms with Gasteiger partial charge in [0, 0.05) is 11.3 Å². The van der Waals surface area contributed by atoms with Gasteiger partial charge in [0.25, 0.3) is 5.91 Å². The van der Waals surface area contributed by atoms with Gasteiger partial charge in [-0.25, -0.2) is 4.39 Å². The highest BCUT2D eigenvalue weighted by Gasteiger charge is 2.45. The zero-order valence-corrected chi connectivity index (χ0v) is 15.7. The quantitative estimate of drug-likeness (QED) is 0.647. The standard InChI is InChI=1S/C22H13FN2O3S/c23-16-5-2-1-4-15(16)19-18(20(26)17-6-3-11-29-17)21(27)22(28)25(19)14-9-7-13(12-24)8-10-14/h1-11,19,27H. The molecular weight excluding hydrogens is 391 g/mol. The molecule has 0 fully saturated rings. The fraction of sp³-hybridized carbons (Fsp3) is 0.0455. The van der Waals surface area contributed by atoms with Crippen molar-refractivity contribution in [1.82, 2.24) is 0 Å². The Bertz CT molecular complexity index is 1180. The van der Waals surface area contributed by atoms with Crippen LogP contribution in [0.1, 0.15) is 26.8 Å². The molecule has 2 aromatic carbocycles. The largest absolute Gasteiger partial charge is 0.503 e. The van der Waals surface area contributed by atoms with Crippen LogP contribution in [0, 0.1) is 17.1 Å². The Kier molecular flexibility index (Phi) is 4.71. The number of anilines is 1. The summed E-state index contributed by atoms with van der Waals surface area (Å²) in [7, 11) is 0. The lowest BCUT2D eigenvalue weighted by Crippen LogP contribution is -2.31. The first-order valence-corrected chi connectivity index (χ1v) is 9.50. The summed E-state index contributed by atoms with van der Waals surface area (Å²) < 4.78 is 14.7. The summed E-state index contributed by atoms with van der Waals surface area (Å²) >= 11 is 1.17. The third kappa shape index (κ3) is 3.10. The first-order valence-electron chi connectivity index (χ1n) is 8.62. The highest BCUT2D eigenvalue weighted by Crippen LogP contribution is 2.43. The molecule has 1 aliphatic rings. The Morgan fingerprint density at radius 2 is 1.83 bits per heavy atom. The molecule has 0 saturated carbocycles. The van der Waals surface area contributed by atoms with Gasteiger partial charge >= 0.3 is 0 Å². The van der Waals surface area contributed by atoms with E-state index < -0.39 is 29.3 Å². The van der Waals surface area contributed by atoms with Gasteiger partial charge in [-0.05, 0) is 41.8 Å². The number of carbonyl (C=O) groups is 2. The molecule has 1 N–H and O–H groups in total. The summed E-state index contributed by atoms with van der Waals surface area (Å²) in [5, 5.41) is 21.3. The van der Waals surface area contributed by atoms with Crippen LogP contribution in [0.3, 0.4) is 0 Å². The molecule has 0 saturated heterocycles. The minimum atomic E-state index is -1.13. The molecule has 0 aliphatic carbocycles. The zero-order chi connectivity index (χ0) is 20.5. The summed E-state index contributed by atoms with van der Waals surface area (Å²) in [6.07, 6.45) is 0. The van der Waals surface area contributed by atoms with E-state index >= 15 is 0 Å². The third-order valence-electron chi connectivity index (χ3n) is 4.67. The van der Waals surface area contributed by atoms with Gasteiger partial charge < -0.3 is 5.11 Å². The van der Waals surface area contributed by atoms with Gasteiger partial charge in [0.15, 0.2) is 5.76 Å². The molecule has 29 heavy (non-hydrogen) atoms. The zero-order valence-electron chi connectivity index (χ0n) is 14.9. The van der Waals surface area contributed by atoms with Crippen LogP contribution in [0.25, 0.3) is 0 Å². The molecule has 0 radical (unpaired) electrons. The maximum atomic E-state index is 14.7. The molecule has 1 aliphatic heterocycles. The summed E-state index contributed by atoms with van der Waals surface area (Å²) in [4.78, 5) is 27.5. The van der Waals surface area contributed by atoms with Crippen LogP contribution < -0.4 is 4.90 Å². The first-order chi connectivity index (χ1) is 14.0. The number of hydrogen-bond donors (Lipinski definition) is 1. The topological polar surface area (TPSA) is 81.4 Å². The highest BCUT2D eigenvalue weighted by molar-refractivity contribution is 7.12. The Morgan fingerprint density at radius 3 is 2.45 bits per heavy atom. The van der Waals surface area contributed by atoms with Crippen molar-refractivity contribution < 1.29 is 19.1 Å². The van der Waals surface area contributed by atoms with E-state index in [0.29, 0.717) is 16.1 Å². The van der Waals surface area contributed by atoms with Crippen molar-refractivity contribution in [2.75, 3.05) is 4.90 Å². The molecular formula is C22H13FN2O3S. The fourth-order valence-corrected chi connectivity index (χ4v) is 4.01. The second-order valence-electron chi connectivity index (χ2n) is 6.33. The second kappa shape index (κ2) is 7.34. The van der Waals surface area contributed by atoms with Gasteiger partial charge in [0.2, 0.25) is 5.78 Å². The van der Waals surface area contributed by atoms with E-state index in [1.807, 2.05) is 6.07 Å².